The number of phenolic OH excluding ortho intramolecular Hbond substituents is 2. The quantitative estimate of drug-likeness (QED) is 0.774. The third kappa shape index (κ3) is 3.57. The molecule has 3 nitrogen and oxygen atoms in total. The summed E-state index contributed by atoms with van der Waals surface area (Å²) in [4.78, 5) is 0. The zero-order valence-electron chi connectivity index (χ0n) is 11.6. The van der Waals surface area contributed by atoms with Gasteiger partial charge >= 0.3 is 0 Å². The molecule has 19 heavy (non-hydrogen) atoms. The summed E-state index contributed by atoms with van der Waals surface area (Å²) in [5.41, 5.74) is 0.852. The summed E-state index contributed by atoms with van der Waals surface area (Å²) in [6.45, 7) is 4.27. The van der Waals surface area contributed by atoms with E-state index in [0.717, 1.165) is 11.3 Å². The molecule has 1 aliphatic rings. The molecule has 0 aliphatic heterocycles. The molecule has 3 unspecified atom stereocenters. The van der Waals surface area contributed by atoms with Crippen molar-refractivity contribution >= 4 is 11.8 Å². The maximum Gasteiger partial charge on any atom is 0.124 e. The van der Waals surface area contributed by atoms with Gasteiger partial charge in [-0.3, -0.25) is 0 Å². The zero-order chi connectivity index (χ0) is 13.8. The van der Waals surface area contributed by atoms with Gasteiger partial charge in [-0.05, 0) is 31.6 Å². The van der Waals surface area contributed by atoms with E-state index in [2.05, 4.69) is 19.2 Å². The molecule has 0 saturated heterocycles. The lowest BCUT2D eigenvalue weighted by Crippen LogP contribution is -2.36. The molecule has 2 rings (SSSR count). The van der Waals surface area contributed by atoms with Gasteiger partial charge in [0.15, 0.2) is 0 Å². The summed E-state index contributed by atoms with van der Waals surface area (Å²) in [7, 11) is 0. The first-order valence-corrected chi connectivity index (χ1v) is 8.06. The highest BCUT2D eigenvalue weighted by Crippen LogP contribution is 2.33. The Hall–Kier alpha value is -0.870. The summed E-state index contributed by atoms with van der Waals surface area (Å²) in [5.74, 6) is 1.42. The van der Waals surface area contributed by atoms with Gasteiger partial charge in [-0.2, -0.15) is 11.8 Å². The normalized spacial score (nSPS) is 24.5. The van der Waals surface area contributed by atoms with Gasteiger partial charge < -0.3 is 15.5 Å². The number of hydrogen-bond donors (Lipinski definition) is 3. The molecular weight excluding hydrogens is 258 g/mol. The van der Waals surface area contributed by atoms with Gasteiger partial charge in [0.2, 0.25) is 0 Å². The molecule has 3 atom stereocenters. The average Bonchev–Trinajstić information content (AvgIpc) is 2.77. The van der Waals surface area contributed by atoms with Crippen LogP contribution in [0.3, 0.4) is 0 Å². The van der Waals surface area contributed by atoms with Crippen LogP contribution in [0.1, 0.15) is 44.7 Å². The standard InChI is InChI=1S/C15H23NO2S/c1-3-19-15-6-4-5-13(15)16-10(2)12-8-7-11(17)9-14(12)18/h7-10,13,15-18H,3-6H2,1-2H3. The van der Waals surface area contributed by atoms with E-state index in [4.69, 9.17) is 0 Å². The Morgan fingerprint density at radius 3 is 2.84 bits per heavy atom. The molecule has 0 heterocycles. The van der Waals surface area contributed by atoms with Gasteiger partial charge in [0.05, 0.1) is 0 Å². The van der Waals surface area contributed by atoms with Gasteiger partial charge in [0.1, 0.15) is 11.5 Å². The second-order valence-corrected chi connectivity index (χ2v) is 6.68. The van der Waals surface area contributed by atoms with Crippen LogP contribution in [0.15, 0.2) is 18.2 Å². The lowest BCUT2D eigenvalue weighted by atomic mass is 10.1. The Morgan fingerprint density at radius 1 is 1.37 bits per heavy atom. The van der Waals surface area contributed by atoms with E-state index in [0.29, 0.717) is 11.3 Å². The fraction of sp³-hybridized carbons (Fsp3) is 0.600. The third-order valence-electron chi connectivity index (χ3n) is 3.78. The molecule has 0 bridgehead atoms. The molecule has 0 aromatic heterocycles. The minimum atomic E-state index is 0.101. The third-order valence-corrected chi connectivity index (χ3v) is 5.10. The summed E-state index contributed by atoms with van der Waals surface area (Å²) < 4.78 is 0. The maximum absolute atomic E-state index is 9.90. The largest absolute Gasteiger partial charge is 0.508 e. The number of rotatable bonds is 5. The topological polar surface area (TPSA) is 52.5 Å². The number of aromatic hydroxyl groups is 2. The van der Waals surface area contributed by atoms with Crippen LogP contribution in [0.5, 0.6) is 11.5 Å². The van der Waals surface area contributed by atoms with Crippen molar-refractivity contribution in [3.8, 4) is 11.5 Å². The van der Waals surface area contributed by atoms with Crippen molar-refractivity contribution < 1.29 is 10.2 Å². The highest BCUT2D eigenvalue weighted by atomic mass is 32.2. The number of phenols is 2. The number of nitrogens with one attached hydrogen (secondary N) is 1. The van der Waals surface area contributed by atoms with Crippen molar-refractivity contribution in [1.29, 1.82) is 0 Å². The molecular formula is C15H23NO2S. The molecule has 1 fully saturated rings. The Morgan fingerprint density at radius 2 is 2.16 bits per heavy atom. The van der Waals surface area contributed by atoms with E-state index in [1.54, 1.807) is 12.1 Å². The van der Waals surface area contributed by atoms with E-state index >= 15 is 0 Å². The van der Waals surface area contributed by atoms with E-state index in [1.807, 2.05) is 11.8 Å². The number of hydrogen-bond acceptors (Lipinski definition) is 4. The van der Waals surface area contributed by atoms with Crippen molar-refractivity contribution in [2.24, 2.45) is 0 Å². The van der Waals surface area contributed by atoms with Crippen molar-refractivity contribution in [3.05, 3.63) is 23.8 Å². The summed E-state index contributed by atoms with van der Waals surface area (Å²) >= 11 is 2.03. The Balaban J connectivity index is 2.02. The van der Waals surface area contributed by atoms with Gasteiger partial charge in [0, 0.05) is 29.0 Å². The van der Waals surface area contributed by atoms with E-state index in [1.165, 1.54) is 25.3 Å². The Kier molecular flexibility index (Phi) is 4.99. The first-order valence-electron chi connectivity index (χ1n) is 7.01. The first-order chi connectivity index (χ1) is 9.11. The monoisotopic (exact) mass is 281 g/mol. The fourth-order valence-corrected chi connectivity index (χ4v) is 4.05. The van der Waals surface area contributed by atoms with Crippen LogP contribution in [-0.4, -0.2) is 27.3 Å². The molecule has 0 radical (unpaired) electrons. The molecule has 1 aliphatic carbocycles. The van der Waals surface area contributed by atoms with Crippen LogP contribution in [-0.2, 0) is 0 Å². The maximum atomic E-state index is 9.90. The van der Waals surface area contributed by atoms with E-state index in [9.17, 15) is 10.2 Å². The number of benzene rings is 1. The molecule has 3 N–H and O–H groups in total. The summed E-state index contributed by atoms with van der Waals surface area (Å²) in [6.07, 6.45) is 3.77. The average molecular weight is 281 g/mol. The minimum absolute atomic E-state index is 0.101. The molecule has 106 valence electrons. The van der Waals surface area contributed by atoms with E-state index in [-0.39, 0.29) is 17.5 Å². The minimum Gasteiger partial charge on any atom is -0.508 e. The predicted octanol–water partition coefficient (Wildman–Crippen LogP) is 3.42. The smallest absolute Gasteiger partial charge is 0.124 e. The van der Waals surface area contributed by atoms with Crippen LogP contribution in [0.2, 0.25) is 0 Å². The van der Waals surface area contributed by atoms with Crippen LogP contribution in [0.25, 0.3) is 0 Å². The van der Waals surface area contributed by atoms with Crippen molar-refractivity contribution in [3.63, 3.8) is 0 Å². The van der Waals surface area contributed by atoms with Gasteiger partial charge in [-0.15, -0.1) is 0 Å². The van der Waals surface area contributed by atoms with Crippen LogP contribution >= 0.6 is 11.8 Å². The van der Waals surface area contributed by atoms with Gasteiger partial charge in [0.25, 0.3) is 0 Å². The van der Waals surface area contributed by atoms with Crippen molar-refractivity contribution in [1.82, 2.24) is 5.32 Å². The van der Waals surface area contributed by atoms with Gasteiger partial charge in [-0.25, -0.2) is 0 Å². The summed E-state index contributed by atoms with van der Waals surface area (Å²) in [6, 6.07) is 5.44. The highest BCUT2D eigenvalue weighted by Gasteiger charge is 2.28. The molecule has 4 heteroatoms. The highest BCUT2D eigenvalue weighted by molar-refractivity contribution is 7.99. The SMILES string of the molecule is CCSC1CCCC1NC(C)c1ccc(O)cc1O. The Bertz CT molecular complexity index is 425. The second kappa shape index (κ2) is 6.53. The Labute approximate surface area is 119 Å². The van der Waals surface area contributed by atoms with Crippen molar-refractivity contribution in [2.75, 3.05) is 5.75 Å². The lowest BCUT2D eigenvalue weighted by Gasteiger charge is -2.25. The zero-order valence-corrected chi connectivity index (χ0v) is 12.4. The fourth-order valence-electron chi connectivity index (χ4n) is 2.84. The molecule has 0 spiro atoms. The lowest BCUT2D eigenvalue weighted by molar-refractivity contribution is 0.421. The molecule has 0 amide bonds. The second-order valence-electron chi connectivity index (χ2n) is 5.16. The summed E-state index contributed by atoms with van der Waals surface area (Å²) in [5, 5.41) is 23.5. The predicted molar refractivity (Wildman–Crippen MR) is 80.9 cm³/mol. The van der Waals surface area contributed by atoms with Gasteiger partial charge in [-0.1, -0.05) is 19.4 Å². The molecule has 1 aromatic carbocycles. The van der Waals surface area contributed by atoms with Crippen LogP contribution in [0, 0.1) is 0 Å². The molecule has 1 aromatic rings. The van der Waals surface area contributed by atoms with Crippen LogP contribution < -0.4 is 5.32 Å². The molecule has 1 saturated carbocycles. The van der Waals surface area contributed by atoms with Crippen molar-refractivity contribution in [2.45, 2.75) is 50.4 Å². The number of thioether (sulfide) groups is 1. The first kappa shape index (κ1) is 14.5. The van der Waals surface area contributed by atoms with E-state index < -0.39 is 0 Å². The van der Waals surface area contributed by atoms with Crippen LogP contribution in [0.4, 0.5) is 0 Å².